The summed E-state index contributed by atoms with van der Waals surface area (Å²) in [6.07, 6.45) is 1.38. The van der Waals surface area contributed by atoms with Crippen molar-refractivity contribution < 1.29 is 4.79 Å². The van der Waals surface area contributed by atoms with Gasteiger partial charge in [0.15, 0.2) is 0 Å². The topological polar surface area (TPSA) is 20.3 Å². The van der Waals surface area contributed by atoms with E-state index in [9.17, 15) is 4.79 Å². The van der Waals surface area contributed by atoms with Crippen LogP contribution in [-0.2, 0) is 17.9 Å². The van der Waals surface area contributed by atoms with Crippen molar-refractivity contribution in [3.63, 3.8) is 0 Å². The van der Waals surface area contributed by atoms with E-state index in [1.807, 2.05) is 39.9 Å². The van der Waals surface area contributed by atoms with Gasteiger partial charge < -0.3 is 4.90 Å². The molecule has 1 amide bonds. The first kappa shape index (κ1) is 12.1. The van der Waals surface area contributed by atoms with Gasteiger partial charge in [0.05, 0.1) is 13.1 Å². The Kier molecular flexibility index (Phi) is 4.12. The van der Waals surface area contributed by atoms with Gasteiger partial charge in [-0.15, -0.1) is 22.7 Å². The summed E-state index contributed by atoms with van der Waals surface area (Å²) >= 11 is 3.33. The lowest BCUT2D eigenvalue weighted by molar-refractivity contribution is -0.127. The Labute approximate surface area is 109 Å². The highest BCUT2D eigenvalue weighted by Gasteiger charge is 2.12. The van der Waals surface area contributed by atoms with Crippen LogP contribution in [0.3, 0.4) is 0 Å². The second kappa shape index (κ2) is 5.80. The molecule has 0 saturated carbocycles. The zero-order valence-corrected chi connectivity index (χ0v) is 11.0. The quantitative estimate of drug-likeness (QED) is 0.756. The fraction of sp³-hybridized carbons (Fsp3) is 0.154. The number of thiophene rings is 2. The molecule has 0 aromatic carbocycles. The van der Waals surface area contributed by atoms with Gasteiger partial charge in [-0.3, -0.25) is 4.79 Å². The second-order valence-electron chi connectivity index (χ2n) is 3.56. The third-order valence-corrected chi connectivity index (χ3v) is 4.06. The molecule has 0 unspecified atom stereocenters. The van der Waals surface area contributed by atoms with E-state index in [-0.39, 0.29) is 5.91 Å². The van der Waals surface area contributed by atoms with Crippen LogP contribution in [0.5, 0.6) is 0 Å². The van der Waals surface area contributed by atoms with Gasteiger partial charge in [-0.25, -0.2) is 0 Å². The summed E-state index contributed by atoms with van der Waals surface area (Å²) in [5.74, 6) is -0.0215. The fourth-order valence-corrected chi connectivity index (χ4v) is 2.96. The molecule has 0 N–H and O–H groups in total. The van der Waals surface area contributed by atoms with Crippen LogP contribution in [0, 0.1) is 0 Å². The summed E-state index contributed by atoms with van der Waals surface area (Å²) in [6, 6.07) is 8.09. The van der Waals surface area contributed by atoms with Gasteiger partial charge in [0.1, 0.15) is 0 Å². The van der Waals surface area contributed by atoms with E-state index in [0.717, 1.165) is 0 Å². The molecule has 0 bridgehead atoms. The molecule has 0 atom stereocenters. The first-order chi connectivity index (χ1) is 8.29. The maximum Gasteiger partial charge on any atom is 0.246 e. The Morgan fingerprint density at radius 2 is 1.71 bits per heavy atom. The predicted octanol–water partition coefficient (Wildman–Crippen LogP) is 3.52. The summed E-state index contributed by atoms with van der Waals surface area (Å²) in [5, 5.41) is 4.05. The molecule has 0 radical (unpaired) electrons. The van der Waals surface area contributed by atoms with Crippen LogP contribution in [0.4, 0.5) is 0 Å². The van der Waals surface area contributed by atoms with E-state index in [1.165, 1.54) is 15.8 Å². The number of carbonyl (C=O) groups is 1. The zero-order chi connectivity index (χ0) is 12.1. The number of nitrogens with zero attached hydrogens (tertiary/aromatic N) is 1. The smallest absolute Gasteiger partial charge is 0.246 e. The Morgan fingerprint density at radius 1 is 1.18 bits per heavy atom. The van der Waals surface area contributed by atoms with Crippen molar-refractivity contribution in [2.75, 3.05) is 0 Å². The van der Waals surface area contributed by atoms with Gasteiger partial charge in [-0.05, 0) is 29.0 Å². The van der Waals surface area contributed by atoms with Gasteiger partial charge >= 0.3 is 0 Å². The molecule has 2 aromatic heterocycles. The van der Waals surface area contributed by atoms with Crippen molar-refractivity contribution in [3.8, 4) is 0 Å². The Balaban J connectivity index is 2.08. The lowest BCUT2D eigenvalue weighted by atomic mass is 10.3. The van der Waals surface area contributed by atoms with Crippen LogP contribution < -0.4 is 0 Å². The average molecular weight is 263 g/mol. The molecular weight excluding hydrogens is 250 g/mol. The van der Waals surface area contributed by atoms with Crippen LogP contribution in [0.25, 0.3) is 0 Å². The lowest BCUT2D eigenvalue weighted by Crippen LogP contribution is -2.27. The van der Waals surface area contributed by atoms with Crippen molar-refractivity contribution in [1.29, 1.82) is 0 Å². The van der Waals surface area contributed by atoms with Crippen LogP contribution in [0.1, 0.15) is 9.75 Å². The van der Waals surface area contributed by atoms with Gasteiger partial charge in [0.2, 0.25) is 5.91 Å². The van der Waals surface area contributed by atoms with Crippen molar-refractivity contribution in [1.82, 2.24) is 4.90 Å². The second-order valence-corrected chi connectivity index (χ2v) is 5.62. The molecule has 2 nitrogen and oxygen atoms in total. The van der Waals surface area contributed by atoms with Gasteiger partial charge in [-0.2, -0.15) is 0 Å². The molecule has 17 heavy (non-hydrogen) atoms. The highest BCUT2D eigenvalue weighted by Crippen LogP contribution is 2.17. The number of hydrogen-bond donors (Lipinski definition) is 0. The summed E-state index contributed by atoms with van der Waals surface area (Å²) in [6.45, 7) is 4.86. The Hall–Kier alpha value is -1.39. The standard InChI is InChI=1S/C13H13NOS2/c1-2-13(15)14(9-11-5-3-7-16-11)10-12-6-4-8-17-12/h2-8H,1,9-10H2. The minimum atomic E-state index is -0.0215. The Morgan fingerprint density at radius 3 is 2.06 bits per heavy atom. The molecule has 2 heterocycles. The van der Waals surface area contributed by atoms with Crippen LogP contribution >= 0.6 is 22.7 Å². The van der Waals surface area contributed by atoms with E-state index in [1.54, 1.807) is 22.7 Å². The molecule has 88 valence electrons. The van der Waals surface area contributed by atoms with Crippen molar-refractivity contribution in [2.45, 2.75) is 13.1 Å². The predicted molar refractivity (Wildman–Crippen MR) is 73.1 cm³/mol. The third kappa shape index (κ3) is 3.28. The molecule has 0 fully saturated rings. The monoisotopic (exact) mass is 263 g/mol. The SMILES string of the molecule is C=CC(=O)N(Cc1cccs1)Cc1cccs1. The Bertz CT molecular complexity index is 437. The fourth-order valence-electron chi connectivity index (χ4n) is 1.52. The van der Waals surface area contributed by atoms with Gasteiger partial charge in [0, 0.05) is 9.75 Å². The first-order valence-electron chi connectivity index (χ1n) is 5.25. The molecular formula is C13H13NOS2. The van der Waals surface area contributed by atoms with Crippen molar-refractivity contribution in [2.24, 2.45) is 0 Å². The molecule has 2 rings (SSSR count). The third-order valence-electron chi connectivity index (χ3n) is 2.34. The van der Waals surface area contributed by atoms with Crippen LogP contribution in [-0.4, -0.2) is 10.8 Å². The summed E-state index contributed by atoms with van der Waals surface area (Å²) in [4.78, 5) is 16.0. The molecule has 2 aromatic rings. The molecule has 0 spiro atoms. The summed E-state index contributed by atoms with van der Waals surface area (Å²) in [7, 11) is 0. The minimum absolute atomic E-state index is 0.0215. The molecule has 0 aliphatic rings. The van der Waals surface area contributed by atoms with Crippen molar-refractivity contribution in [3.05, 3.63) is 57.4 Å². The van der Waals surface area contributed by atoms with E-state index in [0.29, 0.717) is 13.1 Å². The first-order valence-corrected chi connectivity index (χ1v) is 7.01. The van der Waals surface area contributed by atoms with Gasteiger partial charge in [-0.1, -0.05) is 18.7 Å². The normalized spacial score (nSPS) is 10.1. The lowest BCUT2D eigenvalue weighted by Gasteiger charge is -2.19. The molecule has 4 heteroatoms. The minimum Gasteiger partial charge on any atom is -0.329 e. The van der Waals surface area contributed by atoms with Gasteiger partial charge in [0.25, 0.3) is 0 Å². The largest absolute Gasteiger partial charge is 0.329 e. The number of hydrogen-bond acceptors (Lipinski definition) is 3. The zero-order valence-electron chi connectivity index (χ0n) is 9.33. The van der Waals surface area contributed by atoms with E-state index in [2.05, 4.69) is 6.58 Å². The van der Waals surface area contributed by atoms with E-state index >= 15 is 0 Å². The maximum absolute atomic E-state index is 11.8. The van der Waals surface area contributed by atoms with Crippen LogP contribution in [0.15, 0.2) is 47.7 Å². The van der Waals surface area contributed by atoms with E-state index in [4.69, 9.17) is 0 Å². The number of rotatable bonds is 5. The maximum atomic E-state index is 11.8. The number of carbonyl (C=O) groups excluding carboxylic acids is 1. The highest BCUT2D eigenvalue weighted by atomic mass is 32.1. The average Bonchev–Trinajstić information content (AvgIpc) is 3.00. The van der Waals surface area contributed by atoms with E-state index < -0.39 is 0 Å². The van der Waals surface area contributed by atoms with Crippen molar-refractivity contribution >= 4 is 28.6 Å². The molecule has 0 aliphatic carbocycles. The highest BCUT2D eigenvalue weighted by molar-refractivity contribution is 7.10. The molecule has 0 aliphatic heterocycles. The van der Waals surface area contributed by atoms with Crippen LogP contribution in [0.2, 0.25) is 0 Å². The summed E-state index contributed by atoms with van der Waals surface area (Å²) in [5.41, 5.74) is 0. The summed E-state index contributed by atoms with van der Waals surface area (Å²) < 4.78 is 0. The molecule has 0 saturated heterocycles. The number of amides is 1.